The minimum Gasteiger partial charge on any atom is -0.495 e. The lowest BCUT2D eigenvalue weighted by molar-refractivity contribution is 0.415. The highest BCUT2D eigenvalue weighted by molar-refractivity contribution is 6.34. The summed E-state index contributed by atoms with van der Waals surface area (Å²) in [6.07, 6.45) is 0. The van der Waals surface area contributed by atoms with Gasteiger partial charge in [0.2, 0.25) is 0 Å². The van der Waals surface area contributed by atoms with Crippen molar-refractivity contribution in [2.75, 3.05) is 7.11 Å². The number of ether oxygens (including phenoxy) is 1. The van der Waals surface area contributed by atoms with Crippen LogP contribution in [0.4, 0.5) is 0 Å². The molecule has 0 aliphatic carbocycles. The van der Waals surface area contributed by atoms with Crippen LogP contribution in [0.1, 0.15) is 0 Å². The Morgan fingerprint density at radius 3 is 2.45 bits per heavy atom. The average molecular weight is 305 g/mol. The molecule has 0 atom stereocenters. The molecule has 0 unspecified atom stereocenters. The maximum atomic E-state index is 6.08. The van der Waals surface area contributed by atoms with Crippen molar-refractivity contribution in [3.05, 3.63) is 52.6 Å². The van der Waals surface area contributed by atoms with Crippen LogP contribution in [-0.2, 0) is 0 Å². The van der Waals surface area contributed by atoms with Crippen molar-refractivity contribution < 1.29 is 4.74 Å². The Balaban J connectivity index is 2.27. The van der Waals surface area contributed by atoms with E-state index in [0.717, 1.165) is 22.0 Å². The number of fused-ring (bicyclic) bond motifs is 1. The summed E-state index contributed by atoms with van der Waals surface area (Å²) in [7, 11) is 1.58. The normalized spacial score (nSPS) is 10.8. The van der Waals surface area contributed by atoms with Gasteiger partial charge in [0.1, 0.15) is 11.4 Å². The van der Waals surface area contributed by atoms with Gasteiger partial charge in [0.25, 0.3) is 0 Å². The van der Waals surface area contributed by atoms with Crippen molar-refractivity contribution in [1.29, 1.82) is 0 Å². The maximum Gasteiger partial charge on any atom is 0.159 e. The Bertz CT molecular complexity index is 790. The lowest BCUT2D eigenvalue weighted by Crippen LogP contribution is -1.92. The summed E-state index contributed by atoms with van der Waals surface area (Å²) >= 11 is 12.1. The summed E-state index contributed by atoms with van der Waals surface area (Å²) in [4.78, 5) is 0. The minimum absolute atomic E-state index is 0.394. The Labute approximate surface area is 126 Å². The largest absolute Gasteiger partial charge is 0.495 e. The quantitative estimate of drug-likeness (QED) is 0.693. The van der Waals surface area contributed by atoms with Crippen molar-refractivity contribution in [3.8, 4) is 17.0 Å². The van der Waals surface area contributed by atoms with E-state index < -0.39 is 0 Å². The van der Waals surface area contributed by atoms with E-state index in [9.17, 15) is 0 Å². The van der Waals surface area contributed by atoms with Gasteiger partial charge in [-0.1, -0.05) is 53.5 Å². The monoisotopic (exact) mass is 304 g/mol. The second-order valence-electron chi connectivity index (χ2n) is 4.23. The Morgan fingerprint density at radius 1 is 0.950 bits per heavy atom. The Morgan fingerprint density at radius 2 is 1.70 bits per heavy atom. The molecule has 3 aromatic rings. The summed E-state index contributed by atoms with van der Waals surface area (Å²) in [6, 6.07) is 13.2. The molecule has 0 spiro atoms. The molecule has 100 valence electrons. The fraction of sp³-hybridized carbons (Fsp3) is 0.0667. The number of hydrogen-bond donors (Lipinski definition) is 0. The highest BCUT2D eigenvalue weighted by Gasteiger charge is 2.11. The van der Waals surface area contributed by atoms with Gasteiger partial charge < -0.3 is 4.74 Å². The smallest absolute Gasteiger partial charge is 0.159 e. The molecule has 20 heavy (non-hydrogen) atoms. The van der Waals surface area contributed by atoms with Gasteiger partial charge in [-0.15, -0.1) is 10.2 Å². The molecule has 3 rings (SSSR count). The van der Waals surface area contributed by atoms with E-state index in [4.69, 9.17) is 27.9 Å². The molecule has 0 aliphatic rings. The van der Waals surface area contributed by atoms with Crippen LogP contribution in [0.15, 0.2) is 42.5 Å². The lowest BCUT2D eigenvalue weighted by Gasteiger charge is -2.08. The van der Waals surface area contributed by atoms with Crippen LogP contribution < -0.4 is 4.74 Å². The second-order valence-corrected chi connectivity index (χ2v) is 5.00. The fourth-order valence-electron chi connectivity index (χ4n) is 2.09. The predicted molar refractivity (Wildman–Crippen MR) is 81.5 cm³/mol. The van der Waals surface area contributed by atoms with Crippen molar-refractivity contribution in [2.24, 2.45) is 0 Å². The summed E-state index contributed by atoms with van der Waals surface area (Å²) < 4.78 is 5.24. The van der Waals surface area contributed by atoms with Gasteiger partial charge in [-0.25, -0.2) is 0 Å². The molecule has 0 aliphatic heterocycles. The van der Waals surface area contributed by atoms with Crippen LogP contribution in [0.3, 0.4) is 0 Å². The number of methoxy groups -OCH3 is 1. The molecule has 0 radical (unpaired) electrons. The molecule has 0 bridgehead atoms. The molecule has 0 saturated carbocycles. The van der Waals surface area contributed by atoms with E-state index in [2.05, 4.69) is 10.2 Å². The zero-order chi connectivity index (χ0) is 14.1. The highest BCUT2D eigenvalue weighted by Crippen LogP contribution is 2.33. The molecular weight excluding hydrogens is 295 g/mol. The molecule has 2 aromatic carbocycles. The van der Waals surface area contributed by atoms with E-state index in [-0.39, 0.29) is 0 Å². The number of aromatic nitrogens is 2. The SMILES string of the molecule is COc1cc(-c2nnc(Cl)c3ccccc23)ccc1Cl. The topological polar surface area (TPSA) is 35.0 Å². The van der Waals surface area contributed by atoms with Crippen molar-refractivity contribution in [1.82, 2.24) is 10.2 Å². The number of hydrogen-bond acceptors (Lipinski definition) is 3. The summed E-state index contributed by atoms with van der Waals surface area (Å²) in [5.74, 6) is 0.602. The number of halogens is 2. The first-order valence-corrected chi connectivity index (χ1v) is 6.71. The molecule has 0 amide bonds. The zero-order valence-electron chi connectivity index (χ0n) is 10.6. The zero-order valence-corrected chi connectivity index (χ0v) is 12.1. The van der Waals surface area contributed by atoms with Gasteiger partial charge >= 0.3 is 0 Å². The molecular formula is C15H10Cl2N2O. The third kappa shape index (κ3) is 2.19. The van der Waals surface area contributed by atoms with E-state index in [1.165, 1.54) is 0 Å². The van der Waals surface area contributed by atoms with E-state index in [0.29, 0.717) is 15.9 Å². The molecule has 0 fully saturated rings. The van der Waals surface area contributed by atoms with Crippen LogP contribution in [0.5, 0.6) is 5.75 Å². The van der Waals surface area contributed by atoms with Gasteiger partial charge in [-0.05, 0) is 12.1 Å². The summed E-state index contributed by atoms with van der Waals surface area (Å²) in [6.45, 7) is 0. The van der Waals surface area contributed by atoms with Gasteiger partial charge in [-0.2, -0.15) is 0 Å². The summed E-state index contributed by atoms with van der Waals surface area (Å²) in [5, 5.41) is 11.0. The van der Waals surface area contributed by atoms with Crippen LogP contribution in [0.2, 0.25) is 10.2 Å². The van der Waals surface area contributed by atoms with Crippen LogP contribution in [0, 0.1) is 0 Å². The fourth-order valence-corrected chi connectivity index (χ4v) is 2.49. The summed E-state index contributed by atoms with van der Waals surface area (Å²) in [5.41, 5.74) is 1.63. The standard InChI is InChI=1S/C15H10Cl2N2O/c1-20-13-8-9(6-7-12(13)16)14-10-4-2-3-5-11(10)15(17)19-18-14/h2-8H,1H3. The van der Waals surface area contributed by atoms with E-state index in [1.54, 1.807) is 13.2 Å². The third-order valence-corrected chi connectivity index (χ3v) is 3.66. The third-order valence-electron chi connectivity index (χ3n) is 3.07. The van der Waals surface area contributed by atoms with Crippen molar-refractivity contribution in [3.63, 3.8) is 0 Å². The van der Waals surface area contributed by atoms with Crippen LogP contribution >= 0.6 is 23.2 Å². The van der Waals surface area contributed by atoms with Gasteiger partial charge in [0.05, 0.1) is 12.1 Å². The molecule has 3 nitrogen and oxygen atoms in total. The van der Waals surface area contributed by atoms with E-state index in [1.807, 2.05) is 36.4 Å². The van der Waals surface area contributed by atoms with Crippen LogP contribution in [0.25, 0.3) is 22.0 Å². The Kier molecular flexibility index (Phi) is 3.47. The maximum absolute atomic E-state index is 6.08. The van der Waals surface area contributed by atoms with Gasteiger partial charge in [-0.3, -0.25) is 0 Å². The van der Waals surface area contributed by atoms with Gasteiger partial charge in [0, 0.05) is 16.3 Å². The number of benzene rings is 2. The highest BCUT2D eigenvalue weighted by atomic mass is 35.5. The molecule has 1 aromatic heterocycles. The average Bonchev–Trinajstić information content (AvgIpc) is 2.49. The second kappa shape index (κ2) is 5.27. The first-order valence-electron chi connectivity index (χ1n) is 5.95. The molecule has 1 heterocycles. The van der Waals surface area contributed by atoms with Crippen molar-refractivity contribution >= 4 is 34.0 Å². The first-order chi connectivity index (χ1) is 9.70. The first kappa shape index (κ1) is 13.2. The van der Waals surface area contributed by atoms with Gasteiger partial charge in [0.15, 0.2) is 5.15 Å². The predicted octanol–water partition coefficient (Wildman–Crippen LogP) is 4.61. The van der Waals surface area contributed by atoms with Crippen LogP contribution in [-0.4, -0.2) is 17.3 Å². The molecule has 5 heteroatoms. The molecule has 0 saturated heterocycles. The number of rotatable bonds is 2. The van der Waals surface area contributed by atoms with Crippen molar-refractivity contribution in [2.45, 2.75) is 0 Å². The lowest BCUT2D eigenvalue weighted by atomic mass is 10.1. The molecule has 0 N–H and O–H groups in total. The number of nitrogens with zero attached hydrogens (tertiary/aromatic N) is 2. The van der Waals surface area contributed by atoms with E-state index >= 15 is 0 Å². The Hall–Kier alpha value is -1.84. The minimum atomic E-state index is 0.394.